The van der Waals surface area contributed by atoms with E-state index in [1.54, 1.807) is 12.3 Å². The minimum atomic E-state index is -4.72. The first kappa shape index (κ1) is 19.7. The molecule has 4 aromatic rings. The standard InChI is InChI=1S/C21H19F3N6O/c1-11-7-17(28-30-10-12(2)26-19(11)30)16-8-14(21(22,23)24)18-15(27-16)4-6-29(20(18)31)13-3-5-25-9-13/h4,6-8,10,13,25H,3,5,9H2,1-2H3. The predicted octanol–water partition coefficient (Wildman–Crippen LogP) is 3.28. The van der Waals surface area contributed by atoms with Gasteiger partial charge in [-0.3, -0.25) is 4.79 Å². The van der Waals surface area contributed by atoms with Gasteiger partial charge in [-0.1, -0.05) is 0 Å². The Kier molecular flexibility index (Phi) is 4.37. The molecule has 0 saturated carbocycles. The van der Waals surface area contributed by atoms with Crippen molar-refractivity contribution in [3.63, 3.8) is 0 Å². The molecule has 0 bridgehead atoms. The highest BCUT2D eigenvalue weighted by molar-refractivity contribution is 5.84. The number of nitrogens with zero attached hydrogens (tertiary/aromatic N) is 5. The number of pyridine rings is 2. The highest BCUT2D eigenvalue weighted by Crippen LogP contribution is 2.35. The van der Waals surface area contributed by atoms with Crippen molar-refractivity contribution >= 4 is 16.6 Å². The van der Waals surface area contributed by atoms with Crippen molar-refractivity contribution in [3.05, 3.63) is 57.8 Å². The lowest BCUT2D eigenvalue weighted by atomic mass is 10.1. The Balaban J connectivity index is 1.76. The van der Waals surface area contributed by atoms with Crippen molar-refractivity contribution in [1.82, 2.24) is 29.5 Å². The van der Waals surface area contributed by atoms with Crippen molar-refractivity contribution in [2.75, 3.05) is 13.1 Å². The van der Waals surface area contributed by atoms with Crippen LogP contribution in [0.25, 0.3) is 27.9 Å². The number of hydrogen-bond acceptors (Lipinski definition) is 5. The highest BCUT2D eigenvalue weighted by Gasteiger charge is 2.35. The van der Waals surface area contributed by atoms with Crippen LogP contribution < -0.4 is 10.9 Å². The number of fused-ring (bicyclic) bond motifs is 2. The summed E-state index contributed by atoms with van der Waals surface area (Å²) in [6, 6.07) is 3.87. The summed E-state index contributed by atoms with van der Waals surface area (Å²) in [7, 11) is 0. The first-order chi connectivity index (χ1) is 14.7. The molecule has 1 aliphatic rings. The molecule has 1 aliphatic heterocycles. The third-order valence-electron chi connectivity index (χ3n) is 5.61. The molecule has 5 rings (SSSR count). The lowest BCUT2D eigenvalue weighted by Gasteiger charge is -2.17. The van der Waals surface area contributed by atoms with Crippen LogP contribution in [0.2, 0.25) is 0 Å². The molecular weight excluding hydrogens is 409 g/mol. The van der Waals surface area contributed by atoms with E-state index in [1.165, 1.54) is 21.3 Å². The van der Waals surface area contributed by atoms with E-state index in [2.05, 4.69) is 20.4 Å². The maximum absolute atomic E-state index is 14.0. The molecule has 5 heterocycles. The van der Waals surface area contributed by atoms with Gasteiger partial charge in [0.05, 0.1) is 40.1 Å². The number of rotatable bonds is 2. The van der Waals surface area contributed by atoms with Gasteiger partial charge < -0.3 is 9.88 Å². The van der Waals surface area contributed by atoms with Crippen molar-refractivity contribution in [2.45, 2.75) is 32.5 Å². The maximum atomic E-state index is 14.0. The highest BCUT2D eigenvalue weighted by atomic mass is 19.4. The Labute approximate surface area is 174 Å². The van der Waals surface area contributed by atoms with Gasteiger partial charge in [0.15, 0.2) is 5.65 Å². The molecule has 4 aromatic heterocycles. The van der Waals surface area contributed by atoms with Gasteiger partial charge in [0.2, 0.25) is 0 Å². The van der Waals surface area contributed by atoms with Gasteiger partial charge in [-0.15, -0.1) is 0 Å². The molecule has 0 aliphatic carbocycles. The summed E-state index contributed by atoms with van der Waals surface area (Å²) in [6.07, 6.45) is -0.801. The van der Waals surface area contributed by atoms with Crippen molar-refractivity contribution in [3.8, 4) is 11.4 Å². The van der Waals surface area contributed by atoms with Gasteiger partial charge in [-0.25, -0.2) is 14.5 Å². The van der Waals surface area contributed by atoms with Crippen LogP contribution in [0.3, 0.4) is 0 Å². The Hall–Kier alpha value is -3.27. The molecule has 1 saturated heterocycles. The minimum absolute atomic E-state index is 0.00149. The van der Waals surface area contributed by atoms with Gasteiger partial charge in [0, 0.05) is 12.7 Å². The summed E-state index contributed by atoms with van der Waals surface area (Å²) in [5, 5.41) is 7.11. The molecule has 7 nitrogen and oxygen atoms in total. The number of aryl methyl sites for hydroxylation is 2. The summed E-state index contributed by atoms with van der Waals surface area (Å²) in [5.74, 6) is 0. The van der Waals surface area contributed by atoms with Crippen LogP contribution in [-0.4, -0.2) is 37.2 Å². The Bertz CT molecular complexity index is 1380. The van der Waals surface area contributed by atoms with Crippen molar-refractivity contribution < 1.29 is 13.2 Å². The predicted molar refractivity (Wildman–Crippen MR) is 109 cm³/mol. The third-order valence-corrected chi connectivity index (χ3v) is 5.61. The summed E-state index contributed by atoms with van der Waals surface area (Å²) >= 11 is 0. The third kappa shape index (κ3) is 3.27. The van der Waals surface area contributed by atoms with Crippen LogP contribution in [0.4, 0.5) is 13.2 Å². The van der Waals surface area contributed by atoms with E-state index in [-0.39, 0.29) is 22.9 Å². The zero-order chi connectivity index (χ0) is 21.9. The van der Waals surface area contributed by atoms with E-state index in [0.717, 1.165) is 23.9 Å². The first-order valence-electron chi connectivity index (χ1n) is 9.90. The van der Waals surface area contributed by atoms with Crippen LogP contribution in [0, 0.1) is 13.8 Å². The first-order valence-corrected chi connectivity index (χ1v) is 9.90. The van der Waals surface area contributed by atoms with Gasteiger partial charge in [0.25, 0.3) is 5.56 Å². The quantitative estimate of drug-likeness (QED) is 0.530. The summed E-state index contributed by atoms with van der Waals surface area (Å²) in [4.78, 5) is 21.8. The Morgan fingerprint density at radius 2 is 1.97 bits per heavy atom. The fourth-order valence-electron chi connectivity index (χ4n) is 4.15. The molecule has 0 spiro atoms. The van der Waals surface area contributed by atoms with Gasteiger partial charge in [-0.05, 0) is 50.6 Å². The average molecular weight is 428 g/mol. The molecule has 0 amide bonds. The SMILES string of the molecule is Cc1cn2nc(-c3cc(C(F)(F)F)c4c(=O)n(C5CCNC5)ccc4n3)cc(C)c2n1. The number of hydrogen-bond donors (Lipinski definition) is 1. The van der Waals surface area contributed by atoms with E-state index in [0.29, 0.717) is 18.6 Å². The van der Waals surface area contributed by atoms with Crippen LogP contribution in [0.15, 0.2) is 35.4 Å². The lowest BCUT2D eigenvalue weighted by molar-refractivity contribution is -0.136. The molecule has 10 heteroatoms. The van der Waals surface area contributed by atoms with Crippen molar-refractivity contribution in [2.24, 2.45) is 0 Å². The lowest BCUT2D eigenvalue weighted by Crippen LogP contribution is -2.27. The summed E-state index contributed by atoms with van der Waals surface area (Å²) in [6.45, 7) is 4.90. The topological polar surface area (TPSA) is 77.1 Å². The van der Waals surface area contributed by atoms with Gasteiger partial charge in [-0.2, -0.15) is 18.3 Å². The fraction of sp³-hybridized carbons (Fsp3) is 0.333. The number of halogens is 3. The fourth-order valence-corrected chi connectivity index (χ4v) is 4.15. The number of nitrogens with one attached hydrogen (secondary N) is 1. The van der Waals surface area contributed by atoms with E-state index in [1.807, 2.05) is 13.8 Å². The van der Waals surface area contributed by atoms with Crippen LogP contribution in [0.1, 0.15) is 29.3 Å². The van der Waals surface area contributed by atoms with Crippen molar-refractivity contribution in [1.29, 1.82) is 0 Å². The Morgan fingerprint density at radius 3 is 2.68 bits per heavy atom. The van der Waals surface area contributed by atoms with Crippen LogP contribution in [0.5, 0.6) is 0 Å². The molecule has 1 fully saturated rings. The van der Waals surface area contributed by atoms with E-state index in [9.17, 15) is 18.0 Å². The molecular formula is C21H19F3N6O. The summed E-state index contributed by atoms with van der Waals surface area (Å²) < 4.78 is 45.0. The molecule has 160 valence electrons. The molecule has 0 radical (unpaired) electrons. The monoisotopic (exact) mass is 428 g/mol. The molecule has 1 N–H and O–H groups in total. The second kappa shape index (κ2) is 6.88. The number of imidazole rings is 1. The maximum Gasteiger partial charge on any atom is 0.417 e. The molecule has 1 atom stereocenters. The van der Waals surface area contributed by atoms with E-state index in [4.69, 9.17) is 0 Å². The Morgan fingerprint density at radius 1 is 1.16 bits per heavy atom. The largest absolute Gasteiger partial charge is 0.417 e. The second-order valence-corrected chi connectivity index (χ2v) is 7.85. The molecule has 31 heavy (non-hydrogen) atoms. The zero-order valence-corrected chi connectivity index (χ0v) is 16.9. The molecule has 1 unspecified atom stereocenters. The number of aromatic nitrogens is 5. The van der Waals surface area contributed by atoms with E-state index < -0.39 is 22.7 Å². The zero-order valence-electron chi connectivity index (χ0n) is 16.9. The minimum Gasteiger partial charge on any atom is -0.315 e. The molecule has 0 aromatic carbocycles. The van der Waals surface area contributed by atoms with Crippen LogP contribution in [-0.2, 0) is 6.18 Å². The summed E-state index contributed by atoms with van der Waals surface area (Å²) in [5.41, 5.74) is 0.788. The average Bonchev–Trinajstić information content (AvgIpc) is 3.36. The van der Waals surface area contributed by atoms with Gasteiger partial charge in [0.1, 0.15) is 5.69 Å². The smallest absolute Gasteiger partial charge is 0.315 e. The number of alkyl halides is 3. The normalized spacial score (nSPS) is 17.1. The van der Waals surface area contributed by atoms with Crippen LogP contribution >= 0.6 is 0 Å². The second-order valence-electron chi connectivity index (χ2n) is 7.85. The van der Waals surface area contributed by atoms with E-state index >= 15 is 0 Å². The van der Waals surface area contributed by atoms with Gasteiger partial charge >= 0.3 is 6.18 Å².